The van der Waals surface area contributed by atoms with E-state index >= 15 is 0 Å². The molecule has 7 nitrogen and oxygen atoms in total. The van der Waals surface area contributed by atoms with Gasteiger partial charge in [-0.2, -0.15) is 18.3 Å². The molecule has 0 saturated heterocycles. The summed E-state index contributed by atoms with van der Waals surface area (Å²) in [7, 11) is 0. The van der Waals surface area contributed by atoms with Crippen molar-refractivity contribution in [3.63, 3.8) is 0 Å². The number of hydrogen-bond donors (Lipinski definition) is 3. The van der Waals surface area contributed by atoms with Crippen LogP contribution in [0.3, 0.4) is 0 Å². The topological polar surface area (TPSA) is 87.1 Å². The smallest absolute Gasteiger partial charge is 0.368 e. The first-order valence-corrected chi connectivity index (χ1v) is 9.01. The normalized spacial score (nSPS) is 20.2. The van der Waals surface area contributed by atoms with E-state index in [2.05, 4.69) is 25.8 Å². The van der Waals surface area contributed by atoms with E-state index in [-0.39, 0.29) is 23.6 Å². The van der Waals surface area contributed by atoms with Gasteiger partial charge in [-0.05, 0) is 37.8 Å². The number of aromatic amines is 1. The van der Waals surface area contributed by atoms with E-state index < -0.39 is 11.9 Å². The molecule has 0 bridgehead atoms. The number of carbonyl (C=O) groups excluding carboxylic acids is 1. The van der Waals surface area contributed by atoms with Crippen molar-refractivity contribution < 1.29 is 18.0 Å². The van der Waals surface area contributed by atoms with Crippen molar-refractivity contribution in [1.82, 2.24) is 24.9 Å². The largest absolute Gasteiger partial charge is 0.434 e. The molecule has 3 aromatic heterocycles. The van der Waals surface area contributed by atoms with Crippen molar-refractivity contribution in [3.8, 4) is 0 Å². The minimum atomic E-state index is -4.48. The molecule has 0 unspecified atom stereocenters. The Balaban J connectivity index is 1.38. The maximum absolute atomic E-state index is 12.9. The lowest BCUT2D eigenvalue weighted by Crippen LogP contribution is -2.40. The van der Waals surface area contributed by atoms with Gasteiger partial charge in [0.2, 0.25) is 0 Å². The van der Waals surface area contributed by atoms with Gasteiger partial charge in [-0.1, -0.05) is 6.07 Å². The molecular weight excluding hydrogens is 373 g/mol. The average Bonchev–Trinajstić information content (AvgIpc) is 3.33. The fourth-order valence-electron chi connectivity index (χ4n) is 3.50. The second-order valence-corrected chi connectivity index (χ2v) is 6.92. The Morgan fingerprint density at radius 3 is 2.61 bits per heavy atom. The highest BCUT2D eigenvalue weighted by Gasteiger charge is 2.34. The number of fused-ring (bicyclic) bond motifs is 1. The third-order valence-electron chi connectivity index (χ3n) is 4.96. The summed E-state index contributed by atoms with van der Waals surface area (Å²) >= 11 is 0. The Hall–Kier alpha value is -3.04. The summed E-state index contributed by atoms with van der Waals surface area (Å²) in [4.78, 5) is 15.7. The molecule has 148 valence electrons. The summed E-state index contributed by atoms with van der Waals surface area (Å²) in [5.41, 5.74) is -0.168. The van der Waals surface area contributed by atoms with Gasteiger partial charge >= 0.3 is 6.18 Å². The molecule has 0 atom stereocenters. The number of amides is 1. The Labute approximate surface area is 158 Å². The summed E-state index contributed by atoms with van der Waals surface area (Å²) in [6.45, 7) is 0. The monoisotopic (exact) mass is 392 g/mol. The van der Waals surface area contributed by atoms with Crippen LogP contribution in [0.2, 0.25) is 0 Å². The number of anilines is 1. The van der Waals surface area contributed by atoms with Crippen LogP contribution in [-0.4, -0.2) is 37.6 Å². The van der Waals surface area contributed by atoms with E-state index in [0.717, 1.165) is 31.9 Å². The van der Waals surface area contributed by atoms with Crippen molar-refractivity contribution in [2.75, 3.05) is 5.32 Å². The molecule has 0 radical (unpaired) electrons. The maximum Gasteiger partial charge on any atom is 0.434 e. The van der Waals surface area contributed by atoms with E-state index in [0.29, 0.717) is 11.4 Å². The van der Waals surface area contributed by atoms with E-state index in [1.54, 1.807) is 24.4 Å². The molecule has 3 heterocycles. The Morgan fingerprint density at radius 1 is 1.18 bits per heavy atom. The van der Waals surface area contributed by atoms with Crippen LogP contribution < -0.4 is 10.6 Å². The van der Waals surface area contributed by atoms with Crippen LogP contribution in [0.1, 0.15) is 41.7 Å². The van der Waals surface area contributed by atoms with E-state index in [1.807, 2.05) is 0 Å². The number of H-pyrrole nitrogens is 1. The molecule has 3 N–H and O–H groups in total. The first-order chi connectivity index (χ1) is 13.4. The van der Waals surface area contributed by atoms with Crippen LogP contribution >= 0.6 is 0 Å². The van der Waals surface area contributed by atoms with Crippen molar-refractivity contribution >= 4 is 17.4 Å². The quantitative estimate of drug-likeness (QED) is 0.636. The summed E-state index contributed by atoms with van der Waals surface area (Å²) in [6.07, 6.45) is 2.72. The van der Waals surface area contributed by atoms with Gasteiger partial charge in [0, 0.05) is 24.5 Å². The highest BCUT2D eigenvalue weighted by Crippen LogP contribution is 2.30. The number of hydrogen-bond acceptors (Lipinski definition) is 4. The molecule has 0 aliphatic heterocycles. The summed E-state index contributed by atoms with van der Waals surface area (Å²) in [6, 6.07) is 5.15. The van der Waals surface area contributed by atoms with Gasteiger partial charge < -0.3 is 10.6 Å². The first kappa shape index (κ1) is 18.3. The third-order valence-corrected chi connectivity index (χ3v) is 4.96. The summed E-state index contributed by atoms with van der Waals surface area (Å²) in [5.74, 6) is 0.416. The van der Waals surface area contributed by atoms with Gasteiger partial charge in [0.05, 0.1) is 11.8 Å². The van der Waals surface area contributed by atoms with Crippen molar-refractivity contribution in [3.05, 3.63) is 48.0 Å². The molecular formula is C18H19F3N6O. The Bertz CT molecular complexity index is 958. The molecule has 1 aliphatic rings. The number of rotatable bonds is 4. The number of nitrogens with zero attached hydrogens (tertiary/aromatic N) is 3. The van der Waals surface area contributed by atoms with Gasteiger partial charge in [0.1, 0.15) is 11.5 Å². The molecule has 28 heavy (non-hydrogen) atoms. The predicted molar refractivity (Wildman–Crippen MR) is 95.9 cm³/mol. The number of imidazole rings is 1. The van der Waals surface area contributed by atoms with E-state index in [4.69, 9.17) is 0 Å². The van der Waals surface area contributed by atoms with E-state index in [1.165, 1.54) is 10.6 Å². The molecule has 10 heteroatoms. The van der Waals surface area contributed by atoms with Gasteiger partial charge in [-0.15, -0.1) is 0 Å². The van der Waals surface area contributed by atoms with Crippen molar-refractivity contribution in [1.29, 1.82) is 0 Å². The molecule has 1 fully saturated rings. The molecule has 1 amide bonds. The van der Waals surface area contributed by atoms with Crippen LogP contribution in [-0.2, 0) is 6.18 Å². The SMILES string of the molecule is O=C(N[C@H]1CC[C@@H](Nc2cccc3nc(C(F)(F)F)cn23)CC1)c1cn[nH]c1. The second-order valence-electron chi connectivity index (χ2n) is 6.92. The molecule has 3 aromatic rings. The van der Waals surface area contributed by atoms with E-state index in [9.17, 15) is 18.0 Å². The van der Waals surface area contributed by atoms with Gasteiger partial charge in [-0.25, -0.2) is 4.98 Å². The fourth-order valence-corrected chi connectivity index (χ4v) is 3.50. The number of aromatic nitrogens is 4. The van der Waals surface area contributed by atoms with Crippen LogP contribution in [0.5, 0.6) is 0 Å². The zero-order valence-corrected chi connectivity index (χ0v) is 14.8. The van der Waals surface area contributed by atoms with Crippen LogP contribution in [0, 0.1) is 0 Å². The van der Waals surface area contributed by atoms with Gasteiger partial charge in [0.25, 0.3) is 5.91 Å². The number of alkyl halides is 3. The summed E-state index contributed by atoms with van der Waals surface area (Å²) in [5, 5.41) is 12.7. The van der Waals surface area contributed by atoms with Crippen molar-refractivity contribution in [2.45, 2.75) is 43.9 Å². The fraction of sp³-hybridized carbons (Fsp3) is 0.389. The minimum Gasteiger partial charge on any atom is -0.368 e. The van der Waals surface area contributed by atoms with Crippen molar-refractivity contribution in [2.24, 2.45) is 0 Å². The lowest BCUT2D eigenvalue weighted by molar-refractivity contribution is -0.140. The standard InChI is InChI=1S/C18H19F3N6O/c19-18(20,21)14-10-27-15(2-1-3-16(27)26-14)24-12-4-6-13(7-5-12)25-17(28)11-8-22-23-9-11/h1-3,8-10,12-13,24H,4-7H2,(H,22,23)(H,25,28)/t12-,13+. The van der Waals surface area contributed by atoms with Gasteiger partial charge in [-0.3, -0.25) is 14.3 Å². The average molecular weight is 392 g/mol. The number of carbonyl (C=O) groups is 1. The minimum absolute atomic E-state index is 0.0707. The molecule has 0 aromatic carbocycles. The number of nitrogens with one attached hydrogen (secondary N) is 3. The lowest BCUT2D eigenvalue weighted by atomic mass is 9.91. The Kier molecular flexibility index (Phi) is 4.70. The maximum atomic E-state index is 12.9. The second kappa shape index (κ2) is 7.17. The molecule has 1 aliphatic carbocycles. The number of halogens is 3. The zero-order valence-electron chi connectivity index (χ0n) is 14.8. The number of pyridine rings is 1. The lowest BCUT2D eigenvalue weighted by Gasteiger charge is -2.30. The van der Waals surface area contributed by atoms with Crippen LogP contribution in [0.4, 0.5) is 19.0 Å². The molecule has 0 spiro atoms. The summed E-state index contributed by atoms with van der Waals surface area (Å²) < 4.78 is 40.2. The molecule has 4 rings (SSSR count). The molecule has 1 saturated carbocycles. The third kappa shape index (κ3) is 3.80. The first-order valence-electron chi connectivity index (χ1n) is 9.01. The Morgan fingerprint density at radius 2 is 1.93 bits per heavy atom. The highest BCUT2D eigenvalue weighted by molar-refractivity contribution is 5.93. The van der Waals surface area contributed by atoms with Crippen LogP contribution in [0.15, 0.2) is 36.8 Å². The zero-order chi connectivity index (χ0) is 19.7. The predicted octanol–water partition coefficient (Wildman–Crippen LogP) is 3.23. The van der Waals surface area contributed by atoms with Crippen LogP contribution in [0.25, 0.3) is 5.65 Å². The van der Waals surface area contributed by atoms with Gasteiger partial charge in [0.15, 0.2) is 5.69 Å². The highest BCUT2D eigenvalue weighted by atomic mass is 19.4.